The Morgan fingerprint density at radius 2 is 2.17 bits per heavy atom. The molecular weight excluding hydrogens is 352 g/mol. The molecule has 0 spiro atoms. The fourth-order valence-corrected chi connectivity index (χ4v) is 4.52. The van der Waals surface area contributed by atoms with E-state index in [0.29, 0.717) is 11.7 Å². The number of rotatable bonds is 3. The van der Waals surface area contributed by atoms with Gasteiger partial charge in [0, 0.05) is 12.3 Å². The van der Waals surface area contributed by atoms with E-state index in [-0.39, 0.29) is 5.41 Å². The van der Waals surface area contributed by atoms with Crippen LogP contribution < -0.4 is 0 Å². The summed E-state index contributed by atoms with van der Waals surface area (Å²) >= 11 is 8.93. The van der Waals surface area contributed by atoms with E-state index in [0.717, 1.165) is 27.5 Å². The first kappa shape index (κ1) is 19.4. The van der Waals surface area contributed by atoms with E-state index in [1.807, 2.05) is 6.07 Å². The van der Waals surface area contributed by atoms with Crippen molar-refractivity contribution in [3.05, 3.63) is 29.8 Å². The van der Waals surface area contributed by atoms with Crippen LogP contribution in [-0.4, -0.2) is 32.4 Å². The summed E-state index contributed by atoms with van der Waals surface area (Å²) < 4.78 is 0.814. The molecular formula is C19H24N2S3. The molecule has 24 heavy (non-hydrogen) atoms. The topological polar surface area (TPSA) is 15.6 Å². The predicted octanol–water partition coefficient (Wildman–Crippen LogP) is 5.52. The van der Waals surface area contributed by atoms with E-state index in [9.17, 15) is 0 Å². The molecule has 0 unspecified atom stereocenters. The third-order valence-corrected chi connectivity index (χ3v) is 6.53. The molecule has 0 atom stereocenters. The van der Waals surface area contributed by atoms with Crippen LogP contribution in [0.3, 0.4) is 0 Å². The molecule has 0 bridgehead atoms. The maximum absolute atomic E-state index is 5.62. The molecule has 1 fully saturated rings. The summed E-state index contributed by atoms with van der Waals surface area (Å²) in [4.78, 5) is 7.12. The zero-order valence-electron chi connectivity index (χ0n) is 14.7. The SMILES string of the molecule is C#CCSC(=S)N1CC(C)(C)CSC1=Nc1ccccc1C(C)C. The third kappa shape index (κ3) is 5.02. The molecule has 5 heteroatoms. The van der Waals surface area contributed by atoms with Gasteiger partial charge in [0.05, 0.1) is 11.4 Å². The first-order valence-electron chi connectivity index (χ1n) is 8.02. The molecule has 1 aromatic rings. The number of nitrogens with zero attached hydrogens (tertiary/aromatic N) is 2. The summed E-state index contributed by atoms with van der Waals surface area (Å²) in [6, 6.07) is 8.34. The van der Waals surface area contributed by atoms with Crippen molar-refractivity contribution >= 4 is 50.9 Å². The van der Waals surface area contributed by atoms with Gasteiger partial charge in [-0.15, -0.1) is 6.42 Å². The average molecular weight is 377 g/mol. The van der Waals surface area contributed by atoms with Gasteiger partial charge in [-0.2, -0.15) is 0 Å². The van der Waals surface area contributed by atoms with Gasteiger partial charge in [-0.25, -0.2) is 4.99 Å². The molecule has 0 aliphatic carbocycles. The number of aliphatic imine (C=N–C) groups is 1. The van der Waals surface area contributed by atoms with E-state index in [4.69, 9.17) is 23.6 Å². The van der Waals surface area contributed by atoms with Crippen molar-refractivity contribution < 1.29 is 0 Å². The smallest absolute Gasteiger partial charge is 0.169 e. The average Bonchev–Trinajstić information content (AvgIpc) is 2.54. The van der Waals surface area contributed by atoms with Crippen LogP contribution in [0.15, 0.2) is 29.3 Å². The summed E-state index contributed by atoms with van der Waals surface area (Å²) in [5, 5.41) is 0.983. The normalized spacial score (nSPS) is 18.7. The van der Waals surface area contributed by atoms with Crippen molar-refractivity contribution in [2.24, 2.45) is 10.4 Å². The quantitative estimate of drug-likeness (QED) is 0.509. The van der Waals surface area contributed by atoms with Gasteiger partial charge in [-0.05, 0) is 23.0 Å². The summed E-state index contributed by atoms with van der Waals surface area (Å²) in [5.74, 6) is 4.72. The molecule has 2 nitrogen and oxygen atoms in total. The van der Waals surface area contributed by atoms with Gasteiger partial charge in [0.1, 0.15) is 4.32 Å². The predicted molar refractivity (Wildman–Crippen MR) is 114 cm³/mol. The van der Waals surface area contributed by atoms with E-state index >= 15 is 0 Å². The Bertz CT molecular complexity index is 671. The van der Waals surface area contributed by atoms with Crippen LogP contribution in [0.5, 0.6) is 0 Å². The highest BCUT2D eigenvalue weighted by Gasteiger charge is 2.33. The van der Waals surface area contributed by atoms with Crippen molar-refractivity contribution in [1.82, 2.24) is 4.90 Å². The molecule has 0 radical (unpaired) electrons. The number of thioether (sulfide) groups is 2. The van der Waals surface area contributed by atoms with E-state index in [2.05, 4.69) is 56.7 Å². The fourth-order valence-electron chi connectivity index (χ4n) is 2.48. The van der Waals surface area contributed by atoms with Crippen molar-refractivity contribution in [3.8, 4) is 12.3 Å². The number of amidine groups is 1. The Balaban J connectivity index is 2.35. The van der Waals surface area contributed by atoms with E-state index in [1.54, 1.807) is 11.8 Å². The second-order valence-electron chi connectivity index (χ2n) is 6.91. The van der Waals surface area contributed by atoms with Crippen LogP contribution in [-0.2, 0) is 0 Å². The Hall–Kier alpha value is -0.960. The Kier molecular flexibility index (Phi) is 6.79. The zero-order valence-corrected chi connectivity index (χ0v) is 17.2. The van der Waals surface area contributed by atoms with Gasteiger partial charge in [0.2, 0.25) is 0 Å². The fraction of sp³-hybridized carbons (Fsp3) is 0.474. The molecule has 0 saturated carbocycles. The van der Waals surface area contributed by atoms with Crippen molar-refractivity contribution in [2.75, 3.05) is 18.1 Å². The van der Waals surface area contributed by atoms with Crippen LogP contribution in [0.2, 0.25) is 0 Å². The lowest BCUT2D eigenvalue weighted by atomic mass is 9.96. The van der Waals surface area contributed by atoms with Gasteiger partial charge in [0.25, 0.3) is 0 Å². The van der Waals surface area contributed by atoms with Gasteiger partial charge in [0.15, 0.2) is 5.17 Å². The highest BCUT2D eigenvalue weighted by Crippen LogP contribution is 2.35. The molecule has 1 aliphatic heterocycles. The Morgan fingerprint density at radius 1 is 1.46 bits per heavy atom. The minimum absolute atomic E-state index is 0.196. The van der Waals surface area contributed by atoms with Crippen LogP contribution in [0.25, 0.3) is 0 Å². The summed E-state index contributed by atoms with van der Waals surface area (Å²) in [7, 11) is 0. The van der Waals surface area contributed by atoms with Crippen molar-refractivity contribution in [2.45, 2.75) is 33.6 Å². The maximum Gasteiger partial charge on any atom is 0.169 e. The van der Waals surface area contributed by atoms with E-state index in [1.165, 1.54) is 17.3 Å². The largest absolute Gasteiger partial charge is 0.306 e. The van der Waals surface area contributed by atoms with Crippen LogP contribution in [0.4, 0.5) is 5.69 Å². The minimum atomic E-state index is 0.196. The van der Waals surface area contributed by atoms with Crippen LogP contribution >= 0.6 is 35.7 Å². The second-order valence-corrected chi connectivity index (χ2v) is 9.46. The van der Waals surface area contributed by atoms with Crippen molar-refractivity contribution in [3.63, 3.8) is 0 Å². The number of thiocarbonyl (C=S) groups is 1. The van der Waals surface area contributed by atoms with Gasteiger partial charge < -0.3 is 4.90 Å². The minimum Gasteiger partial charge on any atom is -0.306 e. The van der Waals surface area contributed by atoms with Crippen molar-refractivity contribution in [1.29, 1.82) is 0 Å². The monoisotopic (exact) mass is 376 g/mol. The first-order chi connectivity index (χ1) is 11.3. The number of benzene rings is 1. The Morgan fingerprint density at radius 3 is 2.83 bits per heavy atom. The number of para-hydroxylation sites is 1. The molecule has 1 aliphatic rings. The number of hydrogen-bond acceptors (Lipinski definition) is 4. The highest BCUT2D eigenvalue weighted by molar-refractivity contribution is 8.23. The third-order valence-electron chi connectivity index (χ3n) is 3.68. The lowest BCUT2D eigenvalue weighted by molar-refractivity contribution is 0.348. The lowest BCUT2D eigenvalue weighted by Gasteiger charge is -2.39. The molecule has 2 rings (SSSR count). The summed E-state index contributed by atoms with van der Waals surface area (Å²) in [6.45, 7) is 9.79. The standard InChI is InChI=1S/C19H24N2S3/c1-6-11-23-18(22)21-12-19(4,5)13-24-17(21)20-16-10-8-7-9-15(16)14(2)3/h1,7-10,14H,11-13H2,2-5H3. The molecule has 1 saturated heterocycles. The summed E-state index contributed by atoms with van der Waals surface area (Å²) in [5.41, 5.74) is 2.49. The second kappa shape index (κ2) is 8.42. The van der Waals surface area contributed by atoms with Crippen LogP contribution in [0.1, 0.15) is 39.2 Å². The molecule has 1 aromatic carbocycles. The molecule has 128 valence electrons. The van der Waals surface area contributed by atoms with Crippen LogP contribution in [0, 0.1) is 17.8 Å². The molecule has 1 heterocycles. The zero-order chi connectivity index (χ0) is 17.7. The molecule has 0 aromatic heterocycles. The first-order valence-corrected chi connectivity index (χ1v) is 10.4. The van der Waals surface area contributed by atoms with Gasteiger partial charge in [-0.1, -0.05) is 87.6 Å². The number of hydrogen-bond donors (Lipinski definition) is 0. The van der Waals surface area contributed by atoms with Gasteiger partial charge >= 0.3 is 0 Å². The molecule has 0 N–H and O–H groups in total. The highest BCUT2D eigenvalue weighted by atomic mass is 32.2. The summed E-state index contributed by atoms with van der Waals surface area (Å²) in [6.07, 6.45) is 5.39. The Labute approximate surface area is 159 Å². The number of terminal acetylenes is 1. The van der Waals surface area contributed by atoms with E-state index < -0.39 is 0 Å². The van der Waals surface area contributed by atoms with Gasteiger partial charge in [-0.3, -0.25) is 0 Å². The maximum atomic E-state index is 5.62. The lowest BCUT2D eigenvalue weighted by Crippen LogP contribution is -2.45. The molecule has 0 amide bonds.